The first-order valence-corrected chi connectivity index (χ1v) is 9.33. The van der Waals surface area contributed by atoms with Gasteiger partial charge in [0.25, 0.3) is 0 Å². The van der Waals surface area contributed by atoms with Crippen LogP contribution in [-0.4, -0.2) is 30.4 Å². The van der Waals surface area contributed by atoms with E-state index in [1.807, 2.05) is 0 Å². The molecule has 1 aromatic rings. The number of anilines is 2. The second-order valence-electron chi connectivity index (χ2n) is 6.82. The molecule has 0 bridgehead atoms. The number of benzene rings is 1. The zero-order chi connectivity index (χ0) is 19.6. The molecule has 1 aliphatic rings. The number of nitrogens with two attached hydrogens (primary N) is 1. The molecule has 0 aliphatic heterocycles. The number of amides is 2. The number of allylic oxidation sites excluding steroid dienone is 1. The number of nitrogens with one attached hydrogen (secondary N) is 2. The highest BCUT2D eigenvalue weighted by atomic mass is 16.4. The van der Waals surface area contributed by atoms with Gasteiger partial charge in [0.05, 0.1) is 18.9 Å². The van der Waals surface area contributed by atoms with Gasteiger partial charge in [0, 0.05) is 24.7 Å². The zero-order valence-corrected chi connectivity index (χ0v) is 15.6. The Morgan fingerprint density at radius 2 is 1.78 bits per heavy atom. The first-order valence-electron chi connectivity index (χ1n) is 9.33. The Hall–Kier alpha value is -2.67. The molecule has 0 unspecified atom stereocenters. The minimum Gasteiger partial charge on any atom is -0.544 e. The minimum atomic E-state index is -1.23. The van der Waals surface area contributed by atoms with Crippen molar-refractivity contribution in [3.8, 4) is 0 Å². The van der Waals surface area contributed by atoms with Gasteiger partial charge in [-0.15, -0.1) is 0 Å². The number of quaternary nitrogens is 1. The van der Waals surface area contributed by atoms with E-state index >= 15 is 0 Å². The van der Waals surface area contributed by atoms with Crippen LogP contribution in [0, 0.1) is 0 Å². The quantitative estimate of drug-likeness (QED) is 0.548. The van der Waals surface area contributed by atoms with Crippen molar-refractivity contribution in [2.45, 2.75) is 51.5 Å². The second-order valence-corrected chi connectivity index (χ2v) is 6.82. The molecular formula is C20H27N3O4. The molecule has 0 heterocycles. The predicted molar refractivity (Wildman–Crippen MR) is 101 cm³/mol. The van der Waals surface area contributed by atoms with Gasteiger partial charge in [-0.25, -0.2) is 0 Å². The number of hydrogen-bond acceptors (Lipinski definition) is 4. The van der Waals surface area contributed by atoms with E-state index in [0.717, 1.165) is 19.3 Å². The first-order chi connectivity index (χ1) is 12.9. The predicted octanol–water partition coefficient (Wildman–Crippen LogP) is 0.546. The molecule has 7 nitrogen and oxygen atoms in total. The van der Waals surface area contributed by atoms with Crippen molar-refractivity contribution in [2.24, 2.45) is 0 Å². The number of aliphatic carboxylic acids is 1. The average molecular weight is 373 g/mol. The third-order valence-electron chi connectivity index (χ3n) is 4.50. The Morgan fingerprint density at radius 3 is 2.33 bits per heavy atom. The van der Waals surface area contributed by atoms with Gasteiger partial charge in [0.1, 0.15) is 6.04 Å². The van der Waals surface area contributed by atoms with Crippen LogP contribution >= 0.6 is 0 Å². The molecule has 146 valence electrons. The summed E-state index contributed by atoms with van der Waals surface area (Å²) in [5.74, 6) is -1.79. The fourth-order valence-corrected chi connectivity index (χ4v) is 3.12. The van der Waals surface area contributed by atoms with E-state index in [0.29, 0.717) is 17.9 Å². The summed E-state index contributed by atoms with van der Waals surface area (Å²) >= 11 is 0. The van der Waals surface area contributed by atoms with Crippen LogP contribution in [0.15, 0.2) is 35.9 Å². The smallest absolute Gasteiger partial charge is 0.230 e. The molecule has 27 heavy (non-hydrogen) atoms. The van der Waals surface area contributed by atoms with E-state index in [1.54, 1.807) is 29.6 Å². The molecule has 2 amide bonds. The Labute approximate surface area is 159 Å². The Bertz CT molecular complexity index is 698. The van der Waals surface area contributed by atoms with Crippen LogP contribution in [0.25, 0.3) is 0 Å². The van der Waals surface area contributed by atoms with E-state index in [9.17, 15) is 19.5 Å². The van der Waals surface area contributed by atoms with Gasteiger partial charge in [-0.2, -0.15) is 0 Å². The van der Waals surface area contributed by atoms with Gasteiger partial charge in [-0.1, -0.05) is 11.6 Å². The summed E-state index contributed by atoms with van der Waals surface area (Å²) < 4.78 is 0. The highest BCUT2D eigenvalue weighted by Gasteiger charge is 2.18. The van der Waals surface area contributed by atoms with Crippen molar-refractivity contribution >= 4 is 29.2 Å². The van der Waals surface area contributed by atoms with E-state index in [2.05, 4.69) is 16.7 Å². The third kappa shape index (κ3) is 7.62. The molecule has 0 radical (unpaired) electrons. The Balaban J connectivity index is 1.80. The topological polar surface area (TPSA) is 115 Å². The summed E-state index contributed by atoms with van der Waals surface area (Å²) in [6.07, 6.45) is 7.52. The lowest BCUT2D eigenvalue weighted by atomic mass is 9.97. The number of hydrogen-bond donors (Lipinski definition) is 3. The lowest BCUT2D eigenvalue weighted by Crippen LogP contribution is -2.93. The van der Waals surface area contributed by atoms with E-state index in [-0.39, 0.29) is 18.2 Å². The fourth-order valence-electron chi connectivity index (χ4n) is 3.12. The molecule has 0 spiro atoms. The number of carbonyl (C=O) groups is 3. The van der Waals surface area contributed by atoms with Crippen LogP contribution in [0.5, 0.6) is 0 Å². The largest absolute Gasteiger partial charge is 0.544 e. The van der Waals surface area contributed by atoms with Gasteiger partial charge >= 0.3 is 0 Å². The second kappa shape index (κ2) is 10.5. The van der Waals surface area contributed by atoms with Crippen molar-refractivity contribution in [2.75, 3.05) is 17.2 Å². The summed E-state index contributed by atoms with van der Waals surface area (Å²) in [7, 11) is 0. The molecule has 2 rings (SSSR count). The number of carbonyl (C=O) groups excluding carboxylic acids is 3. The summed E-state index contributed by atoms with van der Waals surface area (Å²) in [6.45, 7) is 2.04. The third-order valence-corrected chi connectivity index (χ3v) is 4.50. The van der Waals surface area contributed by atoms with Gasteiger partial charge in [0.15, 0.2) is 0 Å². The van der Waals surface area contributed by atoms with Gasteiger partial charge in [0.2, 0.25) is 11.8 Å². The normalized spacial score (nSPS) is 14.8. The standard InChI is InChI=1S/C20H27N3O4/c1-14(24)22-16-7-9-17(10-8-16)23-19(25)13-18(20(26)27)21-12-11-15-5-3-2-4-6-15/h5,7-10,18,21H,2-4,6,11-13H2,1H3,(H,22,24)(H,23,25)(H,26,27)/t18-/m1/s1. The minimum absolute atomic E-state index is 0.158. The maximum absolute atomic E-state index is 12.2. The number of carboxylic acid groups (broad SMARTS) is 1. The summed E-state index contributed by atoms with van der Waals surface area (Å²) in [5, 5.41) is 18.3. The SMILES string of the molecule is CC(=O)Nc1ccc(NC(=O)C[C@@H]([NH2+]CCC2=CCCCC2)C(=O)[O-])cc1. The van der Waals surface area contributed by atoms with Gasteiger partial charge < -0.3 is 25.9 Å². The Kier molecular flexibility index (Phi) is 8.00. The number of carboxylic acids is 1. The molecule has 1 aromatic carbocycles. The molecule has 1 aliphatic carbocycles. The number of rotatable bonds is 9. The van der Waals surface area contributed by atoms with E-state index in [1.165, 1.54) is 25.3 Å². The van der Waals surface area contributed by atoms with E-state index in [4.69, 9.17) is 0 Å². The van der Waals surface area contributed by atoms with Gasteiger partial charge in [-0.3, -0.25) is 9.59 Å². The average Bonchev–Trinajstić information content (AvgIpc) is 2.63. The molecular weight excluding hydrogens is 346 g/mol. The first kappa shape index (κ1) is 20.6. The lowest BCUT2D eigenvalue weighted by Gasteiger charge is -2.18. The van der Waals surface area contributed by atoms with Crippen molar-refractivity contribution in [1.29, 1.82) is 0 Å². The van der Waals surface area contributed by atoms with Crippen molar-refractivity contribution in [3.05, 3.63) is 35.9 Å². The lowest BCUT2D eigenvalue weighted by molar-refractivity contribution is -0.682. The van der Waals surface area contributed by atoms with Crippen LogP contribution in [0.3, 0.4) is 0 Å². The fraction of sp³-hybridized carbons (Fsp3) is 0.450. The van der Waals surface area contributed by atoms with Crippen molar-refractivity contribution in [3.63, 3.8) is 0 Å². The molecule has 0 aromatic heterocycles. The van der Waals surface area contributed by atoms with E-state index < -0.39 is 12.0 Å². The van der Waals surface area contributed by atoms with Crippen molar-refractivity contribution < 1.29 is 24.8 Å². The highest BCUT2D eigenvalue weighted by Crippen LogP contribution is 2.19. The summed E-state index contributed by atoms with van der Waals surface area (Å²) in [6, 6.07) is 5.72. The molecule has 4 N–H and O–H groups in total. The Morgan fingerprint density at radius 1 is 1.11 bits per heavy atom. The molecule has 0 saturated heterocycles. The molecule has 1 atom stereocenters. The van der Waals surface area contributed by atoms with Gasteiger partial charge in [-0.05, 0) is 49.9 Å². The maximum atomic E-state index is 12.2. The summed E-state index contributed by atoms with van der Waals surface area (Å²) in [4.78, 5) is 34.5. The molecule has 7 heteroatoms. The monoisotopic (exact) mass is 373 g/mol. The maximum Gasteiger partial charge on any atom is 0.230 e. The van der Waals surface area contributed by atoms with Crippen LogP contribution in [-0.2, 0) is 14.4 Å². The van der Waals surface area contributed by atoms with Crippen LogP contribution in [0.2, 0.25) is 0 Å². The van der Waals surface area contributed by atoms with Crippen LogP contribution in [0.1, 0.15) is 45.4 Å². The summed E-state index contributed by atoms with van der Waals surface area (Å²) in [5.41, 5.74) is 2.54. The molecule has 0 saturated carbocycles. The van der Waals surface area contributed by atoms with Crippen molar-refractivity contribution in [1.82, 2.24) is 0 Å². The van der Waals surface area contributed by atoms with Crippen LogP contribution < -0.4 is 21.1 Å². The van der Waals surface area contributed by atoms with Crippen LogP contribution in [0.4, 0.5) is 11.4 Å². The molecule has 0 fully saturated rings. The highest BCUT2D eigenvalue weighted by molar-refractivity contribution is 5.94. The zero-order valence-electron chi connectivity index (χ0n) is 15.6.